The number of alkyl halides is 2. The molecule has 0 saturated heterocycles. The van der Waals surface area contributed by atoms with Crippen molar-refractivity contribution in [2.75, 3.05) is 25.0 Å². The quantitative estimate of drug-likeness (QED) is 0.818. The summed E-state index contributed by atoms with van der Waals surface area (Å²) in [5.41, 5.74) is 1.83. The fourth-order valence-electron chi connectivity index (χ4n) is 2.14. The zero-order valence-corrected chi connectivity index (χ0v) is 12.5. The number of benzene rings is 1. The van der Waals surface area contributed by atoms with Gasteiger partial charge in [-0.05, 0) is 50.1 Å². The molecule has 5 heteroatoms. The summed E-state index contributed by atoms with van der Waals surface area (Å²) in [6.07, 6.45) is -1.46. The van der Waals surface area contributed by atoms with E-state index in [9.17, 15) is 13.2 Å². The van der Waals surface area contributed by atoms with Crippen molar-refractivity contribution in [3.63, 3.8) is 0 Å². The molecule has 1 N–H and O–H groups in total. The van der Waals surface area contributed by atoms with Gasteiger partial charge in [-0.2, -0.15) is 0 Å². The van der Waals surface area contributed by atoms with Gasteiger partial charge < -0.3 is 10.2 Å². The SMILES string of the molecule is CCCNC(C)c1cc(F)c(C)cc1N(C)CC(F)F. The van der Waals surface area contributed by atoms with Gasteiger partial charge in [0.05, 0.1) is 6.54 Å². The number of hydrogen-bond acceptors (Lipinski definition) is 2. The molecule has 20 heavy (non-hydrogen) atoms. The topological polar surface area (TPSA) is 15.3 Å². The Balaban J connectivity index is 3.09. The molecule has 0 saturated carbocycles. The molecule has 0 radical (unpaired) electrons. The third kappa shape index (κ3) is 4.40. The van der Waals surface area contributed by atoms with Crippen LogP contribution in [-0.2, 0) is 0 Å². The Morgan fingerprint density at radius 2 is 1.95 bits per heavy atom. The molecule has 1 aromatic rings. The lowest BCUT2D eigenvalue weighted by Crippen LogP contribution is -2.28. The molecule has 1 rings (SSSR count). The molecule has 0 aromatic heterocycles. The highest BCUT2D eigenvalue weighted by Gasteiger charge is 2.18. The zero-order valence-electron chi connectivity index (χ0n) is 12.5. The van der Waals surface area contributed by atoms with Crippen LogP contribution in [0.2, 0.25) is 0 Å². The van der Waals surface area contributed by atoms with Crippen molar-refractivity contribution < 1.29 is 13.2 Å². The van der Waals surface area contributed by atoms with E-state index in [1.165, 1.54) is 11.0 Å². The Kier molecular flexibility index (Phi) is 6.33. The van der Waals surface area contributed by atoms with Crippen molar-refractivity contribution in [3.05, 3.63) is 29.1 Å². The van der Waals surface area contributed by atoms with E-state index in [2.05, 4.69) is 5.32 Å². The van der Waals surface area contributed by atoms with Gasteiger partial charge in [0.15, 0.2) is 0 Å². The van der Waals surface area contributed by atoms with Crippen LogP contribution in [0.4, 0.5) is 18.9 Å². The normalized spacial score (nSPS) is 12.8. The highest BCUT2D eigenvalue weighted by molar-refractivity contribution is 5.56. The molecule has 0 amide bonds. The van der Waals surface area contributed by atoms with Crippen LogP contribution in [0.5, 0.6) is 0 Å². The number of aryl methyl sites for hydroxylation is 1. The van der Waals surface area contributed by atoms with Crippen molar-refractivity contribution in [2.45, 2.75) is 39.7 Å². The van der Waals surface area contributed by atoms with Crippen LogP contribution in [0, 0.1) is 12.7 Å². The summed E-state index contributed by atoms with van der Waals surface area (Å²) in [5.74, 6) is -0.306. The van der Waals surface area contributed by atoms with Crippen LogP contribution >= 0.6 is 0 Å². The molecule has 1 unspecified atom stereocenters. The van der Waals surface area contributed by atoms with E-state index in [-0.39, 0.29) is 18.4 Å². The lowest BCUT2D eigenvalue weighted by Gasteiger charge is -2.26. The molecule has 2 nitrogen and oxygen atoms in total. The summed E-state index contributed by atoms with van der Waals surface area (Å²) < 4.78 is 38.9. The lowest BCUT2D eigenvalue weighted by atomic mass is 10.0. The number of hydrogen-bond donors (Lipinski definition) is 1. The summed E-state index contributed by atoms with van der Waals surface area (Å²) in [6, 6.07) is 3.00. The third-order valence-corrected chi connectivity index (χ3v) is 3.30. The number of anilines is 1. The van der Waals surface area contributed by atoms with E-state index in [4.69, 9.17) is 0 Å². The summed E-state index contributed by atoms with van der Waals surface area (Å²) >= 11 is 0. The Morgan fingerprint density at radius 3 is 2.50 bits per heavy atom. The Hall–Kier alpha value is -1.23. The van der Waals surface area contributed by atoms with E-state index in [1.807, 2.05) is 13.8 Å². The van der Waals surface area contributed by atoms with Crippen molar-refractivity contribution in [1.29, 1.82) is 0 Å². The van der Waals surface area contributed by atoms with Crippen LogP contribution < -0.4 is 10.2 Å². The van der Waals surface area contributed by atoms with Gasteiger partial charge in [-0.1, -0.05) is 6.92 Å². The minimum absolute atomic E-state index is 0.0832. The summed E-state index contributed by atoms with van der Waals surface area (Å²) in [6.45, 7) is 6.04. The van der Waals surface area contributed by atoms with Gasteiger partial charge in [0, 0.05) is 18.8 Å². The number of nitrogens with one attached hydrogen (secondary N) is 1. The molecule has 0 fully saturated rings. The van der Waals surface area contributed by atoms with E-state index < -0.39 is 6.43 Å². The van der Waals surface area contributed by atoms with Crippen LogP contribution in [-0.4, -0.2) is 26.6 Å². The Morgan fingerprint density at radius 1 is 1.30 bits per heavy atom. The van der Waals surface area contributed by atoms with E-state index >= 15 is 0 Å². The van der Waals surface area contributed by atoms with E-state index in [0.717, 1.165) is 13.0 Å². The van der Waals surface area contributed by atoms with Crippen molar-refractivity contribution in [2.24, 2.45) is 0 Å². The van der Waals surface area contributed by atoms with Crippen LogP contribution in [0.3, 0.4) is 0 Å². The first-order valence-corrected chi connectivity index (χ1v) is 6.89. The maximum Gasteiger partial charge on any atom is 0.255 e. The molecular formula is C15H23F3N2. The molecule has 1 aromatic carbocycles. The molecule has 0 heterocycles. The molecular weight excluding hydrogens is 265 g/mol. The van der Waals surface area contributed by atoms with Crippen molar-refractivity contribution in [1.82, 2.24) is 5.32 Å². The van der Waals surface area contributed by atoms with Crippen molar-refractivity contribution >= 4 is 5.69 Å². The molecule has 0 aliphatic carbocycles. The summed E-state index contributed by atoms with van der Waals surface area (Å²) in [5, 5.41) is 3.26. The van der Waals surface area contributed by atoms with Crippen LogP contribution in [0.1, 0.15) is 37.4 Å². The van der Waals surface area contributed by atoms with Crippen LogP contribution in [0.15, 0.2) is 12.1 Å². The second kappa shape index (κ2) is 7.53. The fraction of sp³-hybridized carbons (Fsp3) is 0.600. The van der Waals surface area contributed by atoms with Gasteiger partial charge in [0.25, 0.3) is 6.43 Å². The Bertz CT molecular complexity index is 435. The average molecular weight is 288 g/mol. The number of rotatable bonds is 7. The van der Waals surface area contributed by atoms with Gasteiger partial charge in [-0.25, -0.2) is 13.2 Å². The fourth-order valence-corrected chi connectivity index (χ4v) is 2.14. The minimum Gasteiger partial charge on any atom is -0.369 e. The predicted octanol–water partition coefficient (Wildman–Crippen LogP) is 3.90. The molecule has 0 bridgehead atoms. The second-order valence-electron chi connectivity index (χ2n) is 5.11. The molecule has 0 aliphatic rings. The zero-order chi connectivity index (χ0) is 15.3. The Labute approximate surface area is 119 Å². The summed E-state index contributed by atoms with van der Waals surface area (Å²) in [7, 11) is 1.61. The highest BCUT2D eigenvalue weighted by atomic mass is 19.3. The first-order chi connectivity index (χ1) is 9.36. The minimum atomic E-state index is -2.42. The maximum atomic E-state index is 13.8. The van der Waals surface area contributed by atoms with Gasteiger partial charge in [-0.3, -0.25) is 0 Å². The molecule has 114 valence electrons. The molecule has 1 atom stereocenters. The summed E-state index contributed by atoms with van der Waals surface area (Å²) in [4.78, 5) is 1.48. The first-order valence-electron chi connectivity index (χ1n) is 6.89. The number of halogens is 3. The maximum absolute atomic E-state index is 13.8. The standard InChI is InChI=1S/C15H23F3N2/c1-5-6-19-11(3)12-8-13(16)10(2)7-14(12)20(4)9-15(17)18/h7-8,11,15,19H,5-6,9H2,1-4H3. The van der Waals surface area contributed by atoms with Gasteiger partial charge in [0.1, 0.15) is 5.82 Å². The lowest BCUT2D eigenvalue weighted by molar-refractivity contribution is 0.156. The second-order valence-corrected chi connectivity index (χ2v) is 5.11. The highest BCUT2D eigenvalue weighted by Crippen LogP contribution is 2.29. The van der Waals surface area contributed by atoms with Crippen molar-refractivity contribution in [3.8, 4) is 0 Å². The average Bonchev–Trinajstić information content (AvgIpc) is 2.37. The smallest absolute Gasteiger partial charge is 0.255 e. The molecule has 0 aliphatic heterocycles. The van der Waals surface area contributed by atoms with Gasteiger partial charge in [-0.15, -0.1) is 0 Å². The van der Waals surface area contributed by atoms with Crippen LogP contribution in [0.25, 0.3) is 0 Å². The third-order valence-electron chi connectivity index (χ3n) is 3.30. The van der Waals surface area contributed by atoms with Gasteiger partial charge >= 0.3 is 0 Å². The molecule has 0 spiro atoms. The predicted molar refractivity (Wildman–Crippen MR) is 77.1 cm³/mol. The number of nitrogens with zero attached hydrogens (tertiary/aromatic N) is 1. The van der Waals surface area contributed by atoms with Gasteiger partial charge in [0.2, 0.25) is 0 Å². The largest absolute Gasteiger partial charge is 0.369 e. The van der Waals surface area contributed by atoms with E-state index in [1.54, 1.807) is 20.0 Å². The monoisotopic (exact) mass is 288 g/mol. The van der Waals surface area contributed by atoms with E-state index in [0.29, 0.717) is 16.8 Å². The first kappa shape index (κ1) is 16.8.